The molecule has 0 bridgehead atoms. The average Bonchev–Trinajstić information content (AvgIpc) is 2.50. The second-order valence-corrected chi connectivity index (χ2v) is 7.81. The molecule has 0 saturated heterocycles. The first-order valence-corrected chi connectivity index (χ1v) is 9.03. The zero-order chi connectivity index (χ0) is 21.3. The van der Waals surface area contributed by atoms with Crippen LogP contribution in [-0.2, 0) is 20.0 Å². The summed E-state index contributed by atoms with van der Waals surface area (Å²) in [5.74, 6) is -4.20. The second-order valence-electron chi connectivity index (χ2n) is 4.34. The van der Waals surface area contributed by atoms with E-state index in [4.69, 9.17) is 10.5 Å². The molecule has 0 aliphatic rings. The maximum Gasteiger partial charge on any atom is 0.534 e. The highest BCUT2D eigenvalue weighted by Crippen LogP contribution is 2.34. The summed E-state index contributed by atoms with van der Waals surface area (Å²) >= 11 is 0. The summed E-state index contributed by atoms with van der Waals surface area (Å²) in [5, 5.41) is 17.8. The predicted molar refractivity (Wildman–Crippen MR) is 71.9 cm³/mol. The Balaban J connectivity index is 3.36. The van der Waals surface area contributed by atoms with Crippen LogP contribution in [0.3, 0.4) is 0 Å². The third kappa shape index (κ3) is 4.72. The van der Waals surface area contributed by atoms with Crippen molar-refractivity contribution < 1.29 is 52.1 Å². The summed E-state index contributed by atoms with van der Waals surface area (Å²) in [6.07, 6.45) is 0. The predicted octanol–water partition coefficient (Wildman–Crippen LogP) is 1.93. The van der Waals surface area contributed by atoms with Crippen LogP contribution in [0, 0.1) is 22.7 Å². The summed E-state index contributed by atoms with van der Waals surface area (Å²) in [4.78, 5) is 0. The van der Waals surface area contributed by atoms with Gasteiger partial charge < -0.3 is 8.92 Å². The number of rotatable bonds is 5. The molecule has 0 radical (unpaired) electrons. The van der Waals surface area contributed by atoms with Crippen molar-refractivity contribution in [3.63, 3.8) is 0 Å². The molecule has 0 heterocycles. The maximum absolute atomic E-state index is 12.3. The van der Waals surface area contributed by atoms with Crippen molar-refractivity contribution in [3.05, 3.63) is 23.3 Å². The highest BCUT2D eigenvalue weighted by Gasteiger charge is 2.49. The molecule has 0 saturated carbocycles. The molecular formula is C11H4F6N2O6S2. The molecule has 16 heteroatoms. The van der Waals surface area contributed by atoms with Gasteiger partial charge in [-0.15, -0.1) is 0 Å². The van der Waals surface area contributed by atoms with Crippen molar-refractivity contribution >= 4 is 20.0 Å². The Kier molecular flexibility index (Phi) is 5.89. The Labute approximate surface area is 147 Å². The van der Waals surface area contributed by atoms with Gasteiger partial charge in [0.25, 0.3) is 9.84 Å². The van der Waals surface area contributed by atoms with Crippen molar-refractivity contribution in [2.24, 2.45) is 0 Å². The van der Waals surface area contributed by atoms with Crippen LogP contribution >= 0.6 is 0 Å². The molecule has 8 nitrogen and oxygen atoms in total. The number of hydrogen-bond donors (Lipinski definition) is 0. The van der Waals surface area contributed by atoms with Gasteiger partial charge >= 0.3 is 21.1 Å². The smallest absolute Gasteiger partial charge is 0.476 e. The Hall–Kier alpha value is -2.72. The summed E-state index contributed by atoms with van der Waals surface area (Å²) in [7, 11) is -12.0. The molecule has 1 rings (SSSR count). The number of nitrogens with zero attached hydrogens (tertiary/aromatic N) is 2. The van der Waals surface area contributed by atoms with Gasteiger partial charge in [-0.05, 0) is 12.1 Å². The van der Waals surface area contributed by atoms with Crippen molar-refractivity contribution in [3.8, 4) is 23.6 Å². The molecule has 27 heavy (non-hydrogen) atoms. The van der Waals surface area contributed by atoms with E-state index in [9.17, 15) is 43.2 Å². The van der Waals surface area contributed by atoms with Gasteiger partial charge in [-0.3, -0.25) is 0 Å². The normalized spacial score (nSPS) is 12.7. The van der Waals surface area contributed by atoms with E-state index in [0.717, 1.165) is 6.07 Å². The van der Waals surface area contributed by atoms with Crippen molar-refractivity contribution in [1.82, 2.24) is 0 Å². The van der Waals surface area contributed by atoms with E-state index < -0.39 is 59.5 Å². The first-order valence-electron chi connectivity index (χ1n) is 5.97. The minimum Gasteiger partial charge on any atom is -0.476 e. The third-order valence-corrected chi connectivity index (χ3v) is 4.66. The second kappa shape index (κ2) is 7.12. The Morgan fingerprint density at radius 2 is 1.30 bits per heavy atom. The fraction of sp³-hybridized carbons (Fsp3) is 0.273. The Morgan fingerprint density at radius 3 is 1.70 bits per heavy atom. The number of nitriles is 2. The molecule has 0 aliphatic heterocycles. The zero-order valence-electron chi connectivity index (χ0n) is 12.3. The average molecular weight is 438 g/mol. The summed E-state index contributed by atoms with van der Waals surface area (Å²) in [6, 6.07) is 3.14. The van der Waals surface area contributed by atoms with Crippen LogP contribution in [0.4, 0.5) is 26.3 Å². The molecule has 0 aliphatic carbocycles. The molecule has 0 atom stereocenters. The quantitative estimate of drug-likeness (QED) is 0.387. The zero-order valence-corrected chi connectivity index (χ0v) is 13.9. The Morgan fingerprint density at radius 1 is 0.852 bits per heavy atom. The molecule has 0 fully saturated rings. The molecule has 0 N–H and O–H groups in total. The lowest BCUT2D eigenvalue weighted by Gasteiger charge is -2.14. The number of ether oxygens (including phenoxy) is 1. The number of sulfone groups is 1. The van der Waals surface area contributed by atoms with E-state index in [2.05, 4.69) is 8.92 Å². The minimum absolute atomic E-state index is 0.373. The van der Waals surface area contributed by atoms with Crippen LogP contribution in [0.2, 0.25) is 0 Å². The monoisotopic (exact) mass is 438 g/mol. The molecule has 0 aromatic heterocycles. The van der Waals surface area contributed by atoms with Crippen molar-refractivity contribution in [2.45, 2.75) is 11.0 Å². The van der Waals surface area contributed by atoms with Gasteiger partial charge in [0.2, 0.25) is 0 Å². The number of benzene rings is 1. The molecule has 1 aromatic rings. The van der Waals surface area contributed by atoms with Crippen LogP contribution in [0.1, 0.15) is 11.1 Å². The summed E-state index contributed by atoms with van der Waals surface area (Å²) in [6.45, 7) is 0. The van der Waals surface area contributed by atoms with Crippen LogP contribution in [-0.4, -0.2) is 33.8 Å². The lowest BCUT2D eigenvalue weighted by atomic mass is 10.1. The van der Waals surface area contributed by atoms with Crippen LogP contribution < -0.4 is 8.92 Å². The maximum atomic E-state index is 12.3. The van der Waals surface area contributed by atoms with E-state index in [1.54, 1.807) is 0 Å². The molecule has 1 aromatic carbocycles. The first-order chi connectivity index (χ1) is 12.1. The number of halogens is 6. The van der Waals surface area contributed by atoms with E-state index in [1.165, 1.54) is 6.07 Å². The first kappa shape index (κ1) is 22.3. The largest absolute Gasteiger partial charge is 0.534 e. The highest BCUT2D eigenvalue weighted by molar-refractivity contribution is 7.92. The van der Waals surface area contributed by atoms with Gasteiger partial charge in [0.1, 0.15) is 29.0 Å². The van der Waals surface area contributed by atoms with Gasteiger partial charge in [-0.1, -0.05) is 0 Å². The highest BCUT2D eigenvalue weighted by atomic mass is 32.2. The van der Waals surface area contributed by atoms with Crippen LogP contribution in [0.5, 0.6) is 11.5 Å². The van der Waals surface area contributed by atoms with E-state index >= 15 is 0 Å². The molecule has 148 valence electrons. The SMILES string of the molecule is N#Cc1c(OCS(=O)(=O)C(F)(F)F)ccc(OS(=O)(=O)C(F)(F)F)c1C#N. The van der Waals surface area contributed by atoms with Gasteiger partial charge in [-0.2, -0.15) is 45.3 Å². The summed E-state index contributed by atoms with van der Waals surface area (Å²) in [5.41, 5.74) is -13.7. The van der Waals surface area contributed by atoms with Gasteiger partial charge in [0.15, 0.2) is 11.7 Å². The lowest BCUT2D eigenvalue weighted by Crippen LogP contribution is -2.29. The Bertz CT molecular complexity index is 1030. The van der Waals surface area contributed by atoms with Gasteiger partial charge in [0, 0.05) is 0 Å². The minimum atomic E-state index is -6.22. The van der Waals surface area contributed by atoms with Gasteiger partial charge in [0.05, 0.1) is 0 Å². The molecule has 0 spiro atoms. The van der Waals surface area contributed by atoms with E-state index in [-0.39, 0.29) is 0 Å². The third-order valence-electron chi connectivity index (χ3n) is 2.56. The fourth-order valence-corrected chi connectivity index (χ4v) is 2.23. The van der Waals surface area contributed by atoms with Crippen LogP contribution in [0.15, 0.2) is 12.1 Å². The number of alkyl halides is 6. The fourth-order valence-electron chi connectivity index (χ4n) is 1.35. The molecular weight excluding hydrogens is 434 g/mol. The standard InChI is InChI=1S/C11H4F6N2O6S2/c12-10(13,14)26(20,21)5-24-8-1-2-9(7(4-19)6(8)3-18)25-27(22,23)11(15,16)17/h1-2H,5H2. The van der Waals surface area contributed by atoms with Gasteiger partial charge in [-0.25, -0.2) is 8.42 Å². The summed E-state index contributed by atoms with van der Waals surface area (Å²) < 4.78 is 125. The van der Waals surface area contributed by atoms with E-state index in [1.807, 2.05) is 0 Å². The molecule has 0 amide bonds. The number of hydrogen-bond acceptors (Lipinski definition) is 8. The topological polar surface area (TPSA) is 134 Å². The van der Waals surface area contributed by atoms with Crippen molar-refractivity contribution in [1.29, 1.82) is 10.5 Å². The van der Waals surface area contributed by atoms with E-state index in [0.29, 0.717) is 12.1 Å². The molecule has 0 unspecified atom stereocenters. The van der Waals surface area contributed by atoms with Crippen LogP contribution in [0.25, 0.3) is 0 Å². The lowest BCUT2D eigenvalue weighted by molar-refractivity contribution is -0.0500. The van der Waals surface area contributed by atoms with Crippen molar-refractivity contribution in [2.75, 3.05) is 5.94 Å².